The first-order valence-electron chi connectivity index (χ1n) is 1.51. The smallest absolute Gasteiger partial charge is 0.156 e. The summed E-state index contributed by atoms with van der Waals surface area (Å²) in [5.41, 5.74) is -9.06. The van der Waals surface area contributed by atoms with E-state index in [-0.39, 0.29) is 0 Å². The van der Waals surface area contributed by atoms with Gasteiger partial charge in [-0.15, -0.1) is 0 Å². The summed E-state index contributed by atoms with van der Waals surface area (Å²) < 4.78 is 60.7. The molecule has 0 N–H and O–H groups in total. The van der Waals surface area contributed by atoms with Crippen molar-refractivity contribution in [3.8, 4) is 0 Å². The maximum Gasteiger partial charge on any atom is 0.475 e. The lowest BCUT2D eigenvalue weighted by Gasteiger charge is -1.84. The van der Waals surface area contributed by atoms with Crippen LogP contribution in [-0.4, -0.2) is 11.3 Å². The van der Waals surface area contributed by atoms with Gasteiger partial charge >= 0.3 is 11.3 Å². The average molecular weight is 209 g/mol. The van der Waals surface area contributed by atoms with Gasteiger partial charge in [-0.05, 0) is 23.2 Å². The summed E-state index contributed by atoms with van der Waals surface area (Å²) in [5, 5.41) is 0. The predicted molar refractivity (Wildman–Crippen MR) is 23.8 cm³/mol. The second-order valence-corrected chi connectivity index (χ2v) is 1.71. The fourth-order valence-corrected chi connectivity index (χ4v) is 0. The second-order valence-electron chi connectivity index (χ2n) is 0.857. The van der Waals surface area contributed by atoms with Crippen LogP contribution in [0.15, 0.2) is 0 Å². The van der Waals surface area contributed by atoms with E-state index in [9.17, 15) is 26.3 Å². The summed E-state index contributed by atoms with van der Waals surface area (Å²) in [7, 11) is 0. The van der Waals surface area contributed by atoms with Crippen molar-refractivity contribution >= 4 is 23.2 Å². The highest BCUT2D eigenvalue weighted by Crippen LogP contribution is 2.18. The summed E-state index contributed by atoms with van der Waals surface area (Å²) in [6.07, 6.45) is 0. The molecule has 0 fully saturated rings. The Hall–Kier alpha value is 0.160. The topological polar surface area (TPSA) is 0 Å². The molecule has 0 unspecified atom stereocenters. The van der Waals surface area contributed by atoms with E-state index < -0.39 is 11.3 Å². The Kier molecular flexibility index (Phi) is 5.28. The highest BCUT2D eigenvalue weighted by molar-refractivity contribution is 6.20. The van der Waals surface area contributed by atoms with Crippen molar-refractivity contribution in [3.63, 3.8) is 0 Å². The van der Waals surface area contributed by atoms with Gasteiger partial charge in [-0.1, -0.05) is 0 Å². The number of hydrogen-bond acceptors (Lipinski definition) is 0. The molecule has 0 heterocycles. The number of hydrogen-bond donors (Lipinski definition) is 0. The molecular formula is C2Cl2F6. The van der Waals surface area contributed by atoms with Crippen LogP contribution >= 0.6 is 23.2 Å². The summed E-state index contributed by atoms with van der Waals surface area (Å²) in [6.45, 7) is 0. The van der Waals surface area contributed by atoms with Crippen molar-refractivity contribution in [3.05, 3.63) is 0 Å². The van der Waals surface area contributed by atoms with Crippen molar-refractivity contribution in [2.45, 2.75) is 11.3 Å². The lowest BCUT2D eigenvalue weighted by Crippen LogP contribution is -1.89. The third-order valence-electron chi connectivity index (χ3n) is 0. The Morgan fingerprint density at radius 3 is 0.600 bits per heavy atom. The van der Waals surface area contributed by atoms with Crippen molar-refractivity contribution in [2.75, 3.05) is 0 Å². The first-order valence-corrected chi connectivity index (χ1v) is 2.27. The van der Waals surface area contributed by atoms with Gasteiger partial charge < -0.3 is 0 Å². The summed E-state index contributed by atoms with van der Waals surface area (Å²) in [5.74, 6) is 0. The molecule has 0 aromatic carbocycles. The highest BCUT2D eigenvalue weighted by atomic mass is 35.5. The third-order valence-corrected chi connectivity index (χ3v) is 0. The molecule has 0 aromatic heterocycles. The molecule has 0 radical (unpaired) electrons. The SMILES string of the molecule is FC(F)(F)Cl.FC(F)(F)Cl. The van der Waals surface area contributed by atoms with Crippen LogP contribution in [0, 0.1) is 0 Å². The molecule has 0 bridgehead atoms. The van der Waals surface area contributed by atoms with Gasteiger partial charge in [-0.2, -0.15) is 26.3 Å². The Labute approximate surface area is 61.7 Å². The molecule has 0 aliphatic rings. The van der Waals surface area contributed by atoms with Crippen molar-refractivity contribution in [1.82, 2.24) is 0 Å². The molecule has 0 spiro atoms. The monoisotopic (exact) mass is 208 g/mol. The number of halogens is 8. The van der Waals surface area contributed by atoms with E-state index in [1.54, 1.807) is 0 Å². The molecule has 0 saturated carbocycles. The minimum Gasteiger partial charge on any atom is -0.156 e. The molecular weight excluding hydrogens is 209 g/mol. The van der Waals surface area contributed by atoms with Crippen molar-refractivity contribution in [2.24, 2.45) is 0 Å². The van der Waals surface area contributed by atoms with E-state index in [0.29, 0.717) is 0 Å². The van der Waals surface area contributed by atoms with Crippen LogP contribution in [0.1, 0.15) is 0 Å². The van der Waals surface area contributed by atoms with E-state index in [0.717, 1.165) is 0 Å². The largest absolute Gasteiger partial charge is 0.475 e. The first kappa shape index (κ1) is 12.8. The molecule has 0 saturated heterocycles. The van der Waals surface area contributed by atoms with Gasteiger partial charge in [0.05, 0.1) is 0 Å². The van der Waals surface area contributed by atoms with E-state index in [4.69, 9.17) is 0 Å². The van der Waals surface area contributed by atoms with E-state index in [1.165, 1.54) is 0 Å². The summed E-state index contributed by atoms with van der Waals surface area (Å²) in [4.78, 5) is 0. The quantitative estimate of drug-likeness (QED) is 0.423. The van der Waals surface area contributed by atoms with Gasteiger partial charge in [-0.3, -0.25) is 0 Å². The summed E-state index contributed by atoms with van der Waals surface area (Å²) >= 11 is 7.06. The zero-order chi connectivity index (χ0) is 9.00. The molecule has 8 heteroatoms. The minimum atomic E-state index is -4.53. The molecule has 0 aromatic rings. The van der Waals surface area contributed by atoms with Crippen LogP contribution in [0.4, 0.5) is 26.3 Å². The molecule has 0 nitrogen and oxygen atoms in total. The standard InChI is InChI=1S/2CClF3/c2*2-1(3,4)5. The highest BCUT2D eigenvalue weighted by Gasteiger charge is 2.21. The van der Waals surface area contributed by atoms with Crippen LogP contribution in [0.25, 0.3) is 0 Å². The fraction of sp³-hybridized carbons (Fsp3) is 1.00. The Balaban J connectivity index is 0. The van der Waals surface area contributed by atoms with Crippen LogP contribution in [0.5, 0.6) is 0 Å². The molecule has 10 heavy (non-hydrogen) atoms. The van der Waals surface area contributed by atoms with Gasteiger partial charge in [-0.25, -0.2) is 0 Å². The first-order chi connectivity index (χ1) is 4.00. The van der Waals surface area contributed by atoms with E-state index >= 15 is 0 Å². The maximum atomic E-state index is 10.1. The normalized spacial score (nSPS) is 12.0. The molecule has 0 aliphatic carbocycles. The predicted octanol–water partition coefficient (Wildman–Crippen LogP) is 3.49. The van der Waals surface area contributed by atoms with Gasteiger partial charge in [0, 0.05) is 0 Å². The third kappa shape index (κ3) is 16300. The van der Waals surface area contributed by atoms with E-state index in [2.05, 4.69) is 23.2 Å². The zero-order valence-corrected chi connectivity index (χ0v) is 5.54. The lowest BCUT2D eigenvalue weighted by molar-refractivity contribution is -0.0429. The van der Waals surface area contributed by atoms with Crippen LogP contribution in [0.2, 0.25) is 0 Å². The van der Waals surface area contributed by atoms with Crippen LogP contribution in [0.3, 0.4) is 0 Å². The van der Waals surface area contributed by atoms with Crippen molar-refractivity contribution in [1.29, 1.82) is 0 Å². The van der Waals surface area contributed by atoms with Gasteiger partial charge in [0.15, 0.2) is 0 Å². The Bertz CT molecular complexity index is 56.7. The zero-order valence-electron chi connectivity index (χ0n) is 4.02. The van der Waals surface area contributed by atoms with Gasteiger partial charge in [0.1, 0.15) is 0 Å². The molecule has 0 amide bonds. The molecule has 0 aliphatic heterocycles. The van der Waals surface area contributed by atoms with Crippen molar-refractivity contribution < 1.29 is 26.3 Å². The molecule has 0 rings (SSSR count). The molecule has 0 atom stereocenters. The number of rotatable bonds is 0. The van der Waals surface area contributed by atoms with Gasteiger partial charge in [0.25, 0.3) is 0 Å². The Morgan fingerprint density at radius 2 is 0.600 bits per heavy atom. The molecule has 64 valence electrons. The maximum absolute atomic E-state index is 10.1. The van der Waals surface area contributed by atoms with E-state index in [1.807, 2.05) is 0 Å². The van der Waals surface area contributed by atoms with Crippen LogP contribution < -0.4 is 0 Å². The minimum absolute atomic E-state index is 3.53. The summed E-state index contributed by atoms with van der Waals surface area (Å²) in [6, 6.07) is 0. The average Bonchev–Trinajstić information content (AvgIpc) is 1.12. The fourth-order valence-electron chi connectivity index (χ4n) is 0. The Morgan fingerprint density at radius 1 is 0.600 bits per heavy atom. The van der Waals surface area contributed by atoms with Gasteiger partial charge in [0.2, 0.25) is 0 Å². The van der Waals surface area contributed by atoms with Crippen LogP contribution in [-0.2, 0) is 0 Å². The second kappa shape index (κ2) is 4.12. The lowest BCUT2D eigenvalue weighted by atomic mass is 11.6. The number of alkyl halides is 8.